The van der Waals surface area contributed by atoms with E-state index in [0.29, 0.717) is 18.4 Å². The lowest BCUT2D eigenvalue weighted by Gasteiger charge is -2.06. The van der Waals surface area contributed by atoms with E-state index >= 15 is 0 Å². The summed E-state index contributed by atoms with van der Waals surface area (Å²) in [4.78, 5) is 26.1. The highest BCUT2D eigenvalue weighted by Gasteiger charge is 2.18. The molecule has 134 valence electrons. The number of carbonyl (C=O) groups is 1. The normalized spacial score (nSPS) is 10.7. The summed E-state index contributed by atoms with van der Waals surface area (Å²) in [6, 6.07) is 12.7. The van der Waals surface area contributed by atoms with E-state index in [4.69, 9.17) is 9.47 Å². The number of nitrogens with zero attached hydrogens (tertiary/aromatic N) is 1. The number of nitro groups is 1. The van der Waals surface area contributed by atoms with Gasteiger partial charge in [-0.15, -0.1) is 0 Å². The first-order valence-corrected chi connectivity index (χ1v) is 8.60. The molecule has 0 aliphatic rings. The zero-order valence-electron chi connectivity index (χ0n) is 13.9. The third kappa shape index (κ3) is 3.80. The van der Waals surface area contributed by atoms with Crippen LogP contribution in [-0.4, -0.2) is 30.1 Å². The van der Waals surface area contributed by atoms with Gasteiger partial charge in [0.05, 0.1) is 18.6 Å². The molecule has 7 nitrogen and oxygen atoms in total. The number of carbonyl (C=O) groups excluding carboxylic acids is 1. The predicted molar refractivity (Wildman–Crippen MR) is 97.8 cm³/mol. The second-order valence-electron chi connectivity index (χ2n) is 5.42. The Morgan fingerprint density at radius 3 is 2.85 bits per heavy atom. The quantitative estimate of drug-likeness (QED) is 0.278. The summed E-state index contributed by atoms with van der Waals surface area (Å²) in [5.74, 6) is 0.744. The van der Waals surface area contributed by atoms with E-state index in [9.17, 15) is 14.9 Å². The van der Waals surface area contributed by atoms with Gasteiger partial charge in [0, 0.05) is 33.4 Å². The smallest absolute Gasteiger partial charge is 0.293 e. The summed E-state index contributed by atoms with van der Waals surface area (Å²) in [5.41, 5.74) is 1.24. The van der Waals surface area contributed by atoms with Crippen molar-refractivity contribution in [3.05, 3.63) is 58.3 Å². The second-order valence-corrected chi connectivity index (χ2v) is 6.54. The highest BCUT2D eigenvalue weighted by Crippen LogP contribution is 2.38. The number of non-ortho nitro benzene ring substituents is 1. The van der Waals surface area contributed by atoms with E-state index < -0.39 is 4.92 Å². The number of nitro benzene ring substituents is 1. The van der Waals surface area contributed by atoms with E-state index in [1.165, 1.54) is 17.8 Å². The molecule has 0 spiro atoms. The maximum absolute atomic E-state index is 11.3. The number of H-pyrrole nitrogens is 1. The van der Waals surface area contributed by atoms with Gasteiger partial charge >= 0.3 is 0 Å². The van der Waals surface area contributed by atoms with Gasteiger partial charge < -0.3 is 14.5 Å². The third-order valence-corrected chi connectivity index (χ3v) is 4.88. The average Bonchev–Trinajstić information content (AvgIpc) is 3.06. The number of aromatic nitrogens is 1. The number of hydrogen-bond acceptors (Lipinski definition) is 6. The molecule has 26 heavy (non-hydrogen) atoms. The molecule has 8 heteroatoms. The lowest BCUT2D eigenvalue weighted by atomic mass is 10.2. The molecule has 1 aromatic heterocycles. The van der Waals surface area contributed by atoms with E-state index in [1.54, 1.807) is 13.2 Å². The van der Waals surface area contributed by atoms with Crippen LogP contribution in [-0.2, 0) is 16.0 Å². The number of methoxy groups -OCH3 is 1. The molecule has 0 unspecified atom stereocenters. The number of ether oxygens (including phenoxy) is 2. The number of benzene rings is 2. The molecule has 3 rings (SSSR count). The van der Waals surface area contributed by atoms with Gasteiger partial charge in [-0.2, -0.15) is 0 Å². The Bertz CT molecular complexity index is 954. The number of nitrogens with one attached hydrogen (secondary N) is 1. The lowest BCUT2D eigenvalue weighted by Crippen LogP contribution is -1.96. The molecule has 0 saturated heterocycles. The molecular formula is C18H16N2O5S. The van der Waals surface area contributed by atoms with Crippen LogP contribution in [0, 0.1) is 10.1 Å². The van der Waals surface area contributed by atoms with Gasteiger partial charge in [0.15, 0.2) is 0 Å². The Morgan fingerprint density at radius 2 is 2.12 bits per heavy atom. The molecule has 2 aromatic carbocycles. The predicted octanol–water partition coefficient (Wildman–Crippen LogP) is 3.95. The molecule has 0 aliphatic heterocycles. The molecule has 0 bridgehead atoms. The van der Waals surface area contributed by atoms with Gasteiger partial charge in [0.1, 0.15) is 11.3 Å². The summed E-state index contributed by atoms with van der Waals surface area (Å²) in [5, 5.41) is 12.1. The third-order valence-electron chi connectivity index (χ3n) is 3.81. The Kier molecular flexibility index (Phi) is 5.43. The summed E-state index contributed by atoms with van der Waals surface area (Å²) in [6.07, 6.45) is 0.452. The molecule has 0 amide bonds. The highest BCUT2D eigenvalue weighted by molar-refractivity contribution is 7.99. The van der Waals surface area contributed by atoms with Gasteiger partial charge in [-0.3, -0.25) is 14.9 Å². The van der Waals surface area contributed by atoms with Crippen molar-refractivity contribution in [2.45, 2.75) is 16.2 Å². The lowest BCUT2D eigenvalue weighted by molar-refractivity contribution is -0.383. The Labute approximate surface area is 153 Å². The number of fused-ring (bicyclic) bond motifs is 1. The number of hydrogen-bond donors (Lipinski definition) is 1. The van der Waals surface area contributed by atoms with Crippen LogP contribution in [0.15, 0.2) is 52.3 Å². The van der Waals surface area contributed by atoms with Crippen molar-refractivity contribution < 1.29 is 19.2 Å². The van der Waals surface area contributed by atoms with Crippen LogP contribution in [0.5, 0.6) is 5.75 Å². The topological polar surface area (TPSA) is 94.5 Å². The summed E-state index contributed by atoms with van der Waals surface area (Å²) < 4.78 is 9.95. The zero-order valence-corrected chi connectivity index (χ0v) is 14.7. The van der Waals surface area contributed by atoms with Gasteiger partial charge in [-0.1, -0.05) is 17.8 Å². The largest absolute Gasteiger partial charge is 0.497 e. The van der Waals surface area contributed by atoms with Crippen LogP contribution >= 0.6 is 11.8 Å². The first kappa shape index (κ1) is 17.8. The molecule has 0 radical (unpaired) electrons. The van der Waals surface area contributed by atoms with Gasteiger partial charge in [-0.25, -0.2) is 0 Å². The van der Waals surface area contributed by atoms with Crippen molar-refractivity contribution in [3.63, 3.8) is 0 Å². The molecule has 1 N–H and O–H groups in total. The standard InChI is InChI=1S/C18H16N2O5S/c1-24-13-3-2-4-14(10-13)26-17-6-5-16(20(22)23)18-15(17)9-12(19-18)7-8-25-11-21/h2-6,9-11,19H,7-8H2,1H3. The molecule has 3 aromatic rings. The van der Waals surface area contributed by atoms with Crippen LogP contribution < -0.4 is 4.74 Å². The van der Waals surface area contributed by atoms with Crippen LogP contribution in [0.4, 0.5) is 5.69 Å². The fourth-order valence-electron chi connectivity index (χ4n) is 2.62. The molecule has 1 heterocycles. The van der Waals surface area contributed by atoms with Crippen LogP contribution in [0.3, 0.4) is 0 Å². The maximum Gasteiger partial charge on any atom is 0.293 e. The maximum atomic E-state index is 11.3. The summed E-state index contributed by atoms with van der Waals surface area (Å²) in [7, 11) is 1.60. The average molecular weight is 372 g/mol. The number of aromatic amines is 1. The van der Waals surface area contributed by atoms with Crippen molar-refractivity contribution in [2.75, 3.05) is 13.7 Å². The van der Waals surface area contributed by atoms with E-state index in [0.717, 1.165) is 26.6 Å². The minimum atomic E-state index is -0.412. The van der Waals surface area contributed by atoms with Crippen molar-refractivity contribution in [1.29, 1.82) is 0 Å². The second kappa shape index (κ2) is 7.92. The summed E-state index contributed by atoms with van der Waals surface area (Å²) >= 11 is 1.50. The molecular weight excluding hydrogens is 356 g/mol. The van der Waals surface area contributed by atoms with Gasteiger partial charge in [0.25, 0.3) is 12.2 Å². The van der Waals surface area contributed by atoms with E-state index in [2.05, 4.69) is 4.98 Å². The SMILES string of the molecule is COc1cccc(Sc2ccc([N+](=O)[O-])c3[nH]c(CCOC=O)cc23)c1. The fourth-order valence-corrected chi connectivity index (χ4v) is 3.60. The van der Waals surface area contributed by atoms with Gasteiger partial charge in [0.2, 0.25) is 0 Å². The van der Waals surface area contributed by atoms with Crippen LogP contribution in [0.25, 0.3) is 10.9 Å². The molecule has 0 fully saturated rings. The first-order chi connectivity index (χ1) is 12.6. The van der Waals surface area contributed by atoms with Crippen LogP contribution in [0.2, 0.25) is 0 Å². The van der Waals surface area contributed by atoms with Gasteiger partial charge in [-0.05, 0) is 30.3 Å². The molecule has 0 saturated carbocycles. The monoisotopic (exact) mass is 372 g/mol. The van der Waals surface area contributed by atoms with Crippen molar-refractivity contribution in [2.24, 2.45) is 0 Å². The van der Waals surface area contributed by atoms with Crippen LogP contribution in [0.1, 0.15) is 5.69 Å². The van der Waals surface area contributed by atoms with Crippen molar-refractivity contribution in [1.82, 2.24) is 4.98 Å². The van der Waals surface area contributed by atoms with E-state index in [-0.39, 0.29) is 12.3 Å². The minimum Gasteiger partial charge on any atom is -0.497 e. The zero-order chi connectivity index (χ0) is 18.5. The first-order valence-electron chi connectivity index (χ1n) is 7.78. The Hall–Kier alpha value is -3.00. The molecule has 0 aliphatic carbocycles. The molecule has 0 atom stereocenters. The van der Waals surface area contributed by atoms with Crippen molar-refractivity contribution in [3.8, 4) is 5.75 Å². The Morgan fingerprint density at radius 1 is 1.27 bits per heavy atom. The number of rotatable bonds is 8. The summed E-state index contributed by atoms with van der Waals surface area (Å²) in [6.45, 7) is 0.595. The fraction of sp³-hybridized carbons (Fsp3) is 0.167. The minimum absolute atomic E-state index is 0.0116. The van der Waals surface area contributed by atoms with Crippen molar-refractivity contribution >= 4 is 34.8 Å². The highest BCUT2D eigenvalue weighted by atomic mass is 32.2. The van der Waals surface area contributed by atoms with E-state index in [1.807, 2.05) is 30.3 Å². The Balaban J connectivity index is 2.00.